The highest BCUT2D eigenvalue weighted by molar-refractivity contribution is 5.96. The predicted molar refractivity (Wildman–Crippen MR) is 126 cm³/mol. The second-order valence-electron chi connectivity index (χ2n) is 8.21. The first-order chi connectivity index (χ1) is 17.1. The molecular formula is C25H23F4N5O2. The standard InChI is InChI=1S/C25H23F4N5O2/c1-4-24(35,25(27,28)29)23-14-34(33-31-23)13-16-5-10-19-20(17-6-8-18(26)9-7-17)12-21(15(2)32-36-3)30-22(19)11-16/h5-12,14,32,35H,2,4,13H2,1,3H3. The van der Waals surface area contributed by atoms with Crippen molar-refractivity contribution in [3.63, 3.8) is 0 Å². The van der Waals surface area contributed by atoms with E-state index in [1.165, 1.54) is 30.8 Å². The van der Waals surface area contributed by atoms with Crippen LogP contribution in [0.2, 0.25) is 0 Å². The van der Waals surface area contributed by atoms with Gasteiger partial charge in [0.25, 0.3) is 0 Å². The van der Waals surface area contributed by atoms with E-state index in [1.807, 2.05) is 6.07 Å². The van der Waals surface area contributed by atoms with Crippen LogP contribution in [0.3, 0.4) is 0 Å². The zero-order chi connectivity index (χ0) is 26.1. The molecule has 0 saturated heterocycles. The molecule has 4 rings (SSSR count). The molecular weight excluding hydrogens is 478 g/mol. The molecule has 2 aromatic carbocycles. The molecule has 1 unspecified atom stereocenters. The van der Waals surface area contributed by atoms with Crippen LogP contribution in [0.25, 0.3) is 27.7 Å². The number of hydrogen-bond acceptors (Lipinski definition) is 6. The van der Waals surface area contributed by atoms with Gasteiger partial charge in [-0.05, 0) is 47.4 Å². The summed E-state index contributed by atoms with van der Waals surface area (Å²) in [7, 11) is 1.44. The number of halogens is 4. The molecule has 2 N–H and O–H groups in total. The van der Waals surface area contributed by atoms with Crippen LogP contribution in [0, 0.1) is 5.82 Å². The van der Waals surface area contributed by atoms with Crippen LogP contribution >= 0.6 is 0 Å². The van der Waals surface area contributed by atoms with E-state index in [0.717, 1.165) is 22.7 Å². The molecule has 36 heavy (non-hydrogen) atoms. The second kappa shape index (κ2) is 9.67. The van der Waals surface area contributed by atoms with Crippen LogP contribution < -0.4 is 5.48 Å². The van der Waals surface area contributed by atoms with E-state index in [9.17, 15) is 22.7 Å². The van der Waals surface area contributed by atoms with E-state index in [1.54, 1.807) is 30.3 Å². The summed E-state index contributed by atoms with van der Waals surface area (Å²) in [5.41, 5.74) is 2.69. The third-order valence-corrected chi connectivity index (χ3v) is 5.85. The van der Waals surface area contributed by atoms with Gasteiger partial charge in [-0.2, -0.15) is 13.2 Å². The molecule has 0 radical (unpaired) electrons. The van der Waals surface area contributed by atoms with E-state index >= 15 is 0 Å². The molecule has 0 spiro atoms. The number of pyridine rings is 1. The van der Waals surface area contributed by atoms with Gasteiger partial charge in [-0.3, -0.25) is 10.3 Å². The molecule has 7 nitrogen and oxygen atoms in total. The summed E-state index contributed by atoms with van der Waals surface area (Å²) in [6.07, 6.45) is -4.40. The fourth-order valence-corrected chi connectivity index (χ4v) is 3.85. The number of hydrogen-bond donors (Lipinski definition) is 2. The number of benzene rings is 2. The summed E-state index contributed by atoms with van der Waals surface area (Å²) in [4.78, 5) is 9.58. The smallest absolute Gasteiger partial charge is 0.375 e. The first-order valence-corrected chi connectivity index (χ1v) is 10.9. The summed E-state index contributed by atoms with van der Waals surface area (Å²) < 4.78 is 54.9. The molecule has 0 bridgehead atoms. The molecule has 1 atom stereocenters. The van der Waals surface area contributed by atoms with Gasteiger partial charge < -0.3 is 5.11 Å². The van der Waals surface area contributed by atoms with Crippen LogP contribution in [0.1, 0.15) is 30.3 Å². The van der Waals surface area contributed by atoms with Crippen molar-refractivity contribution < 1.29 is 27.5 Å². The van der Waals surface area contributed by atoms with Crippen molar-refractivity contribution in [2.75, 3.05) is 7.11 Å². The second-order valence-corrected chi connectivity index (χ2v) is 8.21. The van der Waals surface area contributed by atoms with Crippen molar-refractivity contribution in [1.29, 1.82) is 0 Å². The van der Waals surface area contributed by atoms with E-state index in [2.05, 4.69) is 27.4 Å². The Morgan fingerprint density at radius 3 is 2.50 bits per heavy atom. The summed E-state index contributed by atoms with van der Waals surface area (Å²) in [5, 5.41) is 18.2. The van der Waals surface area contributed by atoms with Crippen molar-refractivity contribution in [3.8, 4) is 11.1 Å². The topological polar surface area (TPSA) is 85.1 Å². The molecule has 2 aromatic heterocycles. The Balaban J connectivity index is 1.74. The quantitative estimate of drug-likeness (QED) is 0.262. The molecule has 0 saturated carbocycles. The lowest BCUT2D eigenvalue weighted by Gasteiger charge is -2.26. The van der Waals surface area contributed by atoms with Crippen molar-refractivity contribution in [2.24, 2.45) is 0 Å². The third-order valence-electron chi connectivity index (χ3n) is 5.85. The first kappa shape index (κ1) is 25.3. The lowest BCUT2D eigenvalue weighted by atomic mass is 9.96. The molecule has 0 amide bonds. The van der Waals surface area contributed by atoms with E-state index < -0.39 is 23.9 Å². The summed E-state index contributed by atoms with van der Waals surface area (Å²) in [6, 6.07) is 13.2. The SMILES string of the molecule is C=C(NOC)c1cc(-c2ccc(F)cc2)c2ccc(Cn3cc(C(O)(CC)C(F)(F)F)nn3)cc2n1. The molecule has 0 aliphatic rings. The zero-order valence-corrected chi connectivity index (χ0v) is 19.5. The van der Waals surface area contributed by atoms with Crippen LogP contribution in [0.5, 0.6) is 0 Å². The molecule has 0 aliphatic carbocycles. The number of alkyl halides is 3. The molecule has 0 fully saturated rings. The fraction of sp³-hybridized carbons (Fsp3) is 0.240. The molecule has 2 heterocycles. The number of hydroxylamine groups is 1. The number of aromatic nitrogens is 4. The highest BCUT2D eigenvalue weighted by atomic mass is 19.4. The van der Waals surface area contributed by atoms with Crippen LogP contribution in [-0.2, 0) is 17.0 Å². The Kier molecular flexibility index (Phi) is 6.79. The third kappa shape index (κ3) is 4.79. The van der Waals surface area contributed by atoms with Crippen LogP contribution in [0.15, 0.2) is 61.3 Å². The van der Waals surface area contributed by atoms with E-state index in [4.69, 9.17) is 4.84 Å². The number of rotatable bonds is 8. The van der Waals surface area contributed by atoms with Crippen molar-refractivity contribution in [3.05, 3.63) is 84.1 Å². The average molecular weight is 501 g/mol. The summed E-state index contributed by atoms with van der Waals surface area (Å²) >= 11 is 0. The predicted octanol–water partition coefficient (Wildman–Crippen LogP) is 4.96. The molecule has 188 valence electrons. The van der Waals surface area contributed by atoms with Crippen molar-refractivity contribution >= 4 is 16.6 Å². The Labute approximate surface area is 204 Å². The summed E-state index contributed by atoms with van der Waals surface area (Å²) in [6.45, 7) is 5.24. The Bertz CT molecular complexity index is 1400. The van der Waals surface area contributed by atoms with Crippen LogP contribution in [-0.4, -0.2) is 38.4 Å². The molecule has 4 aromatic rings. The largest absolute Gasteiger partial charge is 0.423 e. The lowest BCUT2D eigenvalue weighted by Crippen LogP contribution is -2.42. The number of nitrogens with zero attached hydrogens (tertiary/aromatic N) is 4. The monoisotopic (exact) mass is 501 g/mol. The highest BCUT2D eigenvalue weighted by Gasteiger charge is 2.55. The Hall–Kier alpha value is -3.83. The minimum Gasteiger partial charge on any atom is -0.375 e. The maximum absolute atomic E-state index is 13.5. The maximum Gasteiger partial charge on any atom is 0.423 e. The lowest BCUT2D eigenvalue weighted by molar-refractivity contribution is -0.269. The van der Waals surface area contributed by atoms with Gasteiger partial charge in [0.1, 0.15) is 11.5 Å². The van der Waals surface area contributed by atoms with Gasteiger partial charge in [-0.15, -0.1) is 5.10 Å². The minimum absolute atomic E-state index is 0.0929. The van der Waals surface area contributed by atoms with Gasteiger partial charge >= 0.3 is 6.18 Å². The highest BCUT2D eigenvalue weighted by Crippen LogP contribution is 2.40. The van der Waals surface area contributed by atoms with Gasteiger partial charge in [-0.1, -0.05) is 43.0 Å². The average Bonchev–Trinajstić information content (AvgIpc) is 3.31. The number of fused-ring (bicyclic) bond motifs is 1. The molecule has 11 heteroatoms. The normalized spacial score (nSPS) is 13.5. The Morgan fingerprint density at radius 2 is 1.86 bits per heavy atom. The van der Waals surface area contributed by atoms with Crippen molar-refractivity contribution in [2.45, 2.75) is 31.7 Å². The van der Waals surface area contributed by atoms with Gasteiger partial charge in [0.05, 0.1) is 36.8 Å². The maximum atomic E-state index is 13.5. The number of aliphatic hydroxyl groups is 1. The van der Waals surface area contributed by atoms with Crippen LogP contribution in [0.4, 0.5) is 17.6 Å². The van der Waals surface area contributed by atoms with E-state index in [0.29, 0.717) is 22.5 Å². The van der Waals surface area contributed by atoms with Crippen molar-refractivity contribution in [1.82, 2.24) is 25.5 Å². The zero-order valence-electron chi connectivity index (χ0n) is 19.5. The Morgan fingerprint density at radius 1 is 1.14 bits per heavy atom. The molecule has 0 aliphatic heterocycles. The van der Waals surface area contributed by atoms with Gasteiger partial charge in [0, 0.05) is 5.39 Å². The first-order valence-electron chi connectivity index (χ1n) is 10.9. The van der Waals surface area contributed by atoms with E-state index in [-0.39, 0.29) is 12.4 Å². The fourth-order valence-electron chi connectivity index (χ4n) is 3.85. The minimum atomic E-state index is -4.89. The van der Waals surface area contributed by atoms with Gasteiger partial charge in [0.2, 0.25) is 5.60 Å². The summed E-state index contributed by atoms with van der Waals surface area (Å²) in [5.74, 6) is -0.363. The number of nitrogens with one attached hydrogen (secondary N) is 1. The van der Waals surface area contributed by atoms with Gasteiger partial charge in [-0.25, -0.2) is 14.1 Å². The van der Waals surface area contributed by atoms with Gasteiger partial charge in [0.15, 0.2) is 0 Å².